The third-order valence-corrected chi connectivity index (χ3v) is 4.20. The van der Waals surface area contributed by atoms with Crippen LogP contribution in [0.2, 0.25) is 0 Å². The molecule has 20 heavy (non-hydrogen) atoms. The number of aliphatic hydroxyl groups is 1. The summed E-state index contributed by atoms with van der Waals surface area (Å²) in [5.74, 6) is 0. The van der Waals surface area contributed by atoms with E-state index >= 15 is 0 Å². The monoisotopic (exact) mass is 288 g/mol. The van der Waals surface area contributed by atoms with Gasteiger partial charge in [-0.2, -0.15) is 0 Å². The molecule has 0 aliphatic heterocycles. The summed E-state index contributed by atoms with van der Waals surface area (Å²) in [5, 5.41) is 13.4. The Bertz CT molecular complexity index is 245. The highest BCUT2D eigenvalue weighted by molar-refractivity contribution is 4.81. The minimum absolute atomic E-state index is 0.0334. The Hall–Kier alpha value is -0.200. The van der Waals surface area contributed by atoms with Gasteiger partial charge in [0.15, 0.2) is 0 Å². The van der Waals surface area contributed by atoms with Gasteiger partial charge in [-0.15, -0.1) is 0 Å². The molecule has 120 valence electrons. The zero-order chi connectivity index (χ0) is 15.0. The number of hydrogen-bond donors (Lipinski definition) is 2. The van der Waals surface area contributed by atoms with E-state index in [-0.39, 0.29) is 6.10 Å². The Balaban J connectivity index is 2.19. The van der Waals surface area contributed by atoms with E-state index in [9.17, 15) is 5.11 Å². The van der Waals surface area contributed by atoms with Crippen LogP contribution in [0.15, 0.2) is 0 Å². The van der Waals surface area contributed by atoms with Crippen LogP contribution in [0.1, 0.15) is 32.6 Å². The van der Waals surface area contributed by atoms with E-state index in [2.05, 4.69) is 17.3 Å². The molecule has 1 fully saturated rings. The molecule has 1 aliphatic rings. The van der Waals surface area contributed by atoms with Gasteiger partial charge in [0.2, 0.25) is 0 Å². The number of aliphatic hydroxyl groups excluding tert-OH is 1. The van der Waals surface area contributed by atoms with Crippen molar-refractivity contribution in [1.82, 2.24) is 10.2 Å². The van der Waals surface area contributed by atoms with Crippen LogP contribution in [0, 0.1) is 0 Å². The van der Waals surface area contributed by atoms with E-state index < -0.39 is 6.10 Å². The van der Waals surface area contributed by atoms with E-state index in [0.29, 0.717) is 31.8 Å². The summed E-state index contributed by atoms with van der Waals surface area (Å²) in [7, 11) is 5.80. The molecular weight excluding hydrogens is 256 g/mol. The van der Waals surface area contributed by atoms with Gasteiger partial charge < -0.3 is 24.8 Å². The molecule has 0 aromatic rings. The smallest absolute Gasteiger partial charge is 0.0900 e. The Kier molecular flexibility index (Phi) is 8.64. The Labute approximate surface area is 123 Å². The number of likely N-dealkylation sites (N-methyl/N-ethyl adjacent to an activating group) is 1. The Morgan fingerprint density at radius 1 is 1.25 bits per heavy atom. The number of ether oxygens (including phenoxy) is 2. The molecule has 2 N–H and O–H groups in total. The molecule has 0 saturated heterocycles. The molecule has 0 aromatic heterocycles. The van der Waals surface area contributed by atoms with Crippen molar-refractivity contribution in [1.29, 1.82) is 0 Å². The van der Waals surface area contributed by atoms with Crippen LogP contribution >= 0.6 is 0 Å². The number of nitrogens with zero attached hydrogens (tertiary/aromatic N) is 1. The van der Waals surface area contributed by atoms with Gasteiger partial charge in [0, 0.05) is 25.7 Å². The molecule has 0 aromatic carbocycles. The average molecular weight is 288 g/mol. The fraction of sp³-hybridized carbons (Fsp3) is 1.00. The highest BCUT2D eigenvalue weighted by atomic mass is 16.5. The maximum Gasteiger partial charge on any atom is 0.0900 e. The first-order valence-electron chi connectivity index (χ1n) is 7.72. The highest BCUT2D eigenvalue weighted by Gasteiger charge is 2.24. The molecule has 1 saturated carbocycles. The lowest BCUT2D eigenvalue weighted by Crippen LogP contribution is -2.43. The summed E-state index contributed by atoms with van der Waals surface area (Å²) >= 11 is 0. The summed E-state index contributed by atoms with van der Waals surface area (Å²) in [6.45, 7) is 3.57. The number of rotatable bonds is 9. The summed E-state index contributed by atoms with van der Waals surface area (Å²) in [6.07, 6.45) is 4.46. The average Bonchev–Trinajstić information content (AvgIpc) is 2.45. The van der Waals surface area contributed by atoms with Crippen LogP contribution in [0.25, 0.3) is 0 Å². The standard InChI is InChI=1S/C15H32N2O3/c1-12(10-19-4)20-11-15(18)9-17(3)14-7-5-13(16-2)6-8-14/h12-16,18H,5-11H2,1-4H3. The summed E-state index contributed by atoms with van der Waals surface area (Å²) in [6, 6.07) is 1.26. The van der Waals surface area contributed by atoms with E-state index in [1.807, 2.05) is 14.0 Å². The van der Waals surface area contributed by atoms with Crippen molar-refractivity contribution in [3.63, 3.8) is 0 Å². The van der Waals surface area contributed by atoms with Gasteiger partial charge in [0.1, 0.15) is 0 Å². The fourth-order valence-corrected chi connectivity index (χ4v) is 2.90. The highest BCUT2D eigenvalue weighted by Crippen LogP contribution is 2.22. The van der Waals surface area contributed by atoms with Crippen LogP contribution in [0.4, 0.5) is 0 Å². The van der Waals surface area contributed by atoms with Gasteiger partial charge in [-0.1, -0.05) is 0 Å². The lowest BCUT2D eigenvalue weighted by atomic mass is 9.90. The lowest BCUT2D eigenvalue weighted by Gasteiger charge is -2.35. The quantitative estimate of drug-likeness (QED) is 0.659. The van der Waals surface area contributed by atoms with Gasteiger partial charge in [-0.05, 0) is 46.7 Å². The zero-order valence-electron chi connectivity index (χ0n) is 13.5. The zero-order valence-corrected chi connectivity index (χ0v) is 13.5. The largest absolute Gasteiger partial charge is 0.389 e. The fourth-order valence-electron chi connectivity index (χ4n) is 2.90. The van der Waals surface area contributed by atoms with Crippen molar-refractivity contribution in [2.45, 2.75) is 56.9 Å². The van der Waals surface area contributed by atoms with Gasteiger partial charge in [-0.3, -0.25) is 0 Å². The molecule has 5 heteroatoms. The Morgan fingerprint density at radius 3 is 2.45 bits per heavy atom. The van der Waals surface area contributed by atoms with Crippen LogP contribution in [0.3, 0.4) is 0 Å². The van der Waals surface area contributed by atoms with Crippen molar-refractivity contribution >= 4 is 0 Å². The van der Waals surface area contributed by atoms with Crippen LogP contribution in [-0.2, 0) is 9.47 Å². The van der Waals surface area contributed by atoms with Gasteiger partial charge in [-0.25, -0.2) is 0 Å². The SMILES string of the molecule is CNC1CCC(N(C)CC(O)COC(C)COC)CC1. The number of hydrogen-bond acceptors (Lipinski definition) is 5. The number of methoxy groups -OCH3 is 1. The molecular formula is C15H32N2O3. The molecule has 0 radical (unpaired) electrons. The second kappa shape index (κ2) is 9.68. The lowest BCUT2D eigenvalue weighted by molar-refractivity contribution is -0.0418. The molecule has 1 rings (SSSR count). The Morgan fingerprint density at radius 2 is 1.90 bits per heavy atom. The first-order valence-corrected chi connectivity index (χ1v) is 7.72. The van der Waals surface area contributed by atoms with Crippen molar-refractivity contribution in [3.8, 4) is 0 Å². The van der Waals surface area contributed by atoms with Crippen molar-refractivity contribution in [2.75, 3.05) is 41.0 Å². The normalized spacial score (nSPS) is 26.7. The molecule has 1 aliphatic carbocycles. The second-order valence-electron chi connectivity index (χ2n) is 5.99. The molecule has 0 amide bonds. The predicted octanol–water partition coefficient (Wildman–Crippen LogP) is 0.861. The summed E-state index contributed by atoms with van der Waals surface area (Å²) < 4.78 is 10.6. The molecule has 2 atom stereocenters. The van der Waals surface area contributed by atoms with Crippen LogP contribution in [0.5, 0.6) is 0 Å². The maximum absolute atomic E-state index is 10.0. The van der Waals surface area contributed by atoms with Gasteiger partial charge >= 0.3 is 0 Å². The minimum atomic E-state index is -0.429. The van der Waals surface area contributed by atoms with E-state index in [1.165, 1.54) is 25.7 Å². The molecule has 0 spiro atoms. The maximum atomic E-state index is 10.0. The molecule has 2 unspecified atom stereocenters. The first kappa shape index (κ1) is 17.9. The van der Waals surface area contributed by atoms with Gasteiger partial charge in [0.25, 0.3) is 0 Å². The van der Waals surface area contributed by atoms with Gasteiger partial charge in [0.05, 0.1) is 25.4 Å². The third kappa shape index (κ3) is 6.50. The minimum Gasteiger partial charge on any atom is -0.389 e. The van der Waals surface area contributed by atoms with Crippen LogP contribution in [-0.4, -0.2) is 75.3 Å². The van der Waals surface area contributed by atoms with Crippen molar-refractivity contribution in [2.24, 2.45) is 0 Å². The van der Waals surface area contributed by atoms with E-state index in [4.69, 9.17) is 9.47 Å². The first-order chi connectivity index (χ1) is 9.56. The van der Waals surface area contributed by atoms with E-state index in [1.54, 1.807) is 7.11 Å². The third-order valence-electron chi connectivity index (χ3n) is 4.20. The second-order valence-corrected chi connectivity index (χ2v) is 5.99. The van der Waals surface area contributed by atoms with E-state index in [0.717, 1.165) is 0 Å². The predicted molar refractivity (Wildman–Crippen MR) is 81.0 cm³/mol. The van der Waals surface area contributed by atoms with Crippen LogP contribution < -0.4 is 5.32 Å². The molecule has 0 bridgehead atoms. The summed E-state index contributed by atoms with van der Waals surface area (Å²) in [5.41, 5.74) is 0. The molecule has 5 nitrogen and oxygen atoms in total. The summed E-state index contributed by atoms with van der Waals surface area (Å²) in [4.78, 5) is 2.28. The van der Waals surface area contributed by atoms with Crippen molar-refractivity contribution in [3.05, 3.63) is 0 Å². The molecule has 0 heterocycles. The van der Waals surface area contributed by atoms with Crippen molar-refractivity contribution < 1.29 is 14.6 Å². The number of nitrogens with one attached hydrogen (secondary N) is 1. The topological polar surface area (TPSA) is 54.0 Å².